The second-order valence-corrected chi connectivity index (χ2v) is 4.05. The molecule has 6 nitrogen and oxygen atoms in total. The number of hydrogen-bond acceptors (Lipinski definition) is 4. The van der Waals surface area contributed by atoms with Gasteiger partial charge in [-0.25, -0.2) is 9.78 Å². The van der Waals surface area contributed by atoms with Crippen LogP contribution in [-0.2, 0) is 11.2 Å². The monoisotopic (exact) mass is 272 g/mol. The Morgan fingerprint density at radius 3 is 2.80 bits per heavy atom. The summed E-state index contributed by atoms with van der Waals surface area (Å²) in [7, 11) is 0. The Morgan fingerprint density at radius 2 is 2.15 bits per heavy atom. The summed E-state index contributed by atoms with van der Waals surface area (Å²) >= 11 is 0. The van der Waals surface area contributed by atoms with E-state index in [1.54, 1.807) is 0 Å². The molecule has 0 spiro atoms. The first kappa shape index (κ1) is 13.9. The van der Waals surface area contributed by atoms with Gasteiger partial charge in [0.2, 0.25) is 0 Å². The Morgan fingerprint density at radius 1 is 1.35 bits per heavy atom. The molecule has 0 aliphatic carbocycles. The van der Waals surface area contributed by atoms with E-state index in [1.807, 2.05) is 37.3 Å². The van der Waals surface area contributed by atoms with E-state index in [2.05, 4.69) is 15.1 Å². The number of benzene rings is 1. The van der Waals surface area contributed by atoms with Crippen LogP contribution in [0.15, 0.2) is 48.0 Å². The maximum Gasteiger partial charge on any atom is 0.372 e. The van der Waals surface area contributed by atoms with Gasteiger partial charge in [0.05, 0.1) is 6.61 Å². The molecule has 2 rings (SSSR count). The average molecular weight is 272 g/mol. The van der Waals surface area contributed by atoms with Crippen molar-refractivity contribution in [2.45, 2.75) is 19.8 Å². The number of ether oxygens (including phenoxy) is 1. The van der Waals surface area contributed by atoms with Gasteiger partial charge >= 0.3 is 6.03 Å². The third-order valence-electron chi connectivity index (χ3n) is 2.62. The van der Waals surface area contributed by atoms with Gasteiger partial charge in [-0.05, 0) is 18.9 Å². The van der Waals surface area contributed by atoms with Gasteiger partial charge in [-0.3, -0.25) is 0 Å². The third kappa shape index (κ3) is 4.01. The number of aryl methyl sites for hydroxylation is 1. The molecule has 1 aromatic carbocycles. The van der Waals surface area contributed by atoms with Crippen molar-refractivity contribution in [3.05, 3.63) is 48.5 Å². The number of rotatable bonds is 4. The van der Waals surface area contributed by atoms with Gasteiger partial charge in [-0.2, -0.15) is 14.8 Å². The third-order valence-corrected chi connectivity index (χ3v) is 2.62. The molecule has 1 amide bonds. The zero-order chi connectivity index (χ0) is 14.2. The summed E-state index contributed by atoms with van der Waals surface area (Å²) in [6, 6.07) is 9.49. The molecule has 1 aromatic heterocycles. The second-order valence-electron chi connectivity index (χ2n) is 4.05. The molecule has 104 valence electrons. The molecule has 0 unspecified atom stereocenters. The minimum Gasteiger partial charge on any atom is -0.481 e. The van der Waals surface area contributed by atoms with Crippen LogP contribution in [0.25, 0.3) is 0 Å². The van der Waals surface area contributed by atoms with Crippen molar-refractivity contribution in [3.8, 4) is 0 Å². The number of aromatic nitrogens is 3. The van der Waals surface area contributed by atoms with E-state index >= 15 is 0 Å². The van der Waals surface area contributed by atoms with Crippen LogP contribution >= 0.6 is 0 Å². The van der Waals surface area contributed by atoms with Gasteiger partial charge < -0.3 is 4.74 Å². The maximum atomic E-state index is 11.8. The Labute approximate surface area is 117 Å². The number of nitrogens with zero attached hydrogens (tertiary/aromatic N) is 4. The van der Waals surface area contributed by atoms with Crippen LogP contribution in [0.2, 0.25) is 0 Å². The minimum atomic E-state index is -0.501. The van der Waals surface area contributed by atoms with Gasteiger partial charge in [0.1, 0.15) is 12.7 Å². The van der Waals surface area contributed by atoms with E-state index in [9.17, 15) is 4.79 Å². The highest BCUT2D eigenvalue weighted by Gasteiger charge is 2.08. The van der Waals surface area contributed by atoms with Crippen molar-refractivity contribution in [1.29, 1.82) is 0 Å². The molecule has 20 heavy (non-hydrogen) atoms. The van der Waals surface area contributed by atoms with E-state index in [-0.39, 0.29) is 0 Å². The Balaban J connectivity index is 2.01. The quantitative estimate of drug-likeness (QED) is 0.632. The van der Waals surface area contributed by atoms with Crippen molar-refractivity contribution >= 4 is 11.9 Å². The van der Waals surface area contributed by atoms with Crippen molar-refractivity contribution < 1.29 is 9.53 Å². The van der Waals surface area contributed by atoms with Gasteiger partial charge in [-0.15, -0.1) is 0 Å². The zero-order valence-electron chi connectivity index (χ0n) is 11.3. The van der Waals surface area contributed by atoms with Gasteiger partial charge in [0.15, 0.2) is 5.90 Å². The predicted octanol–water partition coefficient (Wildman–Crippen LogP) is 2.31. The predicted molar refractivity (Wildman–Crippen MR) is 74.6 cm³/mol. The molecular formula is C14H16N4O2. The molecule has 0 fully saturated rings. The summed E-state index contributed by atoms with van der Waals surface area (Å²) in [4.78, 5) is 19.4. The SMILES string of the molecule is CCOC(CCc1ccccc1)=NC(=O)n1cncn1. The fraction of sp³-hybridized carbons (Fsp3) is 0.286. The standard InChI is InChI=1S/C14H16N4O2/c1-2-20-13(9-8-12-6-4-3-5-7-12)17-14(19)18-11-15-10-16-18/h3-7,10-11H,2,8-9H2,1H3. The molecule has 2 aromatic rings. The normalized spacial score (nSPS) is 11.3. The molecule has 1 heterocycles. The highest BCUT2D eigenvalue weighted by molar-refractivity contribution is 5.91. The Hall–Kier alpha value is -2.50. The van der Waals surface area contributed by atoms with Gasteiger partial charge in [0.25, 0.3) is 0 Å². The lowest BCUT2D eigenvalue weighted by Gasteiger charge is -2.07. The lowest BCUT2D eigenvalue weighted by molar-refractivity contribution is 0.246. The topological polar surface area (TPSA) is 69.4 Å². The largest absolute Gasteiger partial charge is 0.481 e. The number of hydrogen-bond donors (Lipinski definition) is 0. The van der Waals surface area contributed by atoms with Crippen LogP contribution in [0.5, 0.6) is 0 Å². The summed E-state index contributed by atoms with van der Waals surface area (Å²) in [6.45, 7) is 2.33. The fourth-order valence-corrected chi connectivity index (χ4v) is 1.69. The summed E-state index contributed by atoms with van der Waals surface area (Å²) in [5.74, 6) is 0.414. The minimum absolute atomic E-state index is 0.414. The molecule has 0 atom stereocenters. The number of carbonyl (C=O) groups excluding carboxylic acids is 1. The van der Waals surface area contributed by atoms with Gasteiger partial charge in [-0.1, -0.05) is 30.3 Å². The first-order valence-electron chi connectivity index (χ1n) is 6.43. The first-order chi connectivity index (χ1) is 9.79. The summed E-state index contributed by atoms with van der Waals surface area (Å²) in [5, 5.41) is 3.74. The van der Waals surface area contributed by atoms with Gasteiger partial charge in [0, 0.05) is 6.42 Å². The highest BCUT2D eigenvalue weighted by Crippen LogP contribution is 2.05. The molecule has 0 radical (unpaired) electrons. The maximum absolute atomic E-state index is 11.8. The van der Waals surface area contributed by atoms with E-state index in [4.69, 9.17) is 4.74 Å². The number of amides is 1. The molecule has 0 saturated heterocycles. The van der Waals surface area contributed by atoms with Crippen molar-refractivity contribution in [3.63, 3.8) is 0 Å². The van der Waals surface area contributed by atoms with Crippen LogP contribution in [0.3, 0.4) is 0 Å². The second kappa shape index (κ2) is 7.18. The first-order valence-corrected chi connectivity index (χ1v) is 6.43. The Kier molecular flexibility index (Phi) is 5.00. The van der Waals surface area contributed by atoms with Crippen LogP contribution in [0, 0.1) is 0 Å². The molecule has 6 heteroatoms. The van der Waals surface area contributed by atoms with Crippen LogP contribution in [0.4, 0.5) is 4.79 Å². The summed E-state index contributed by atoms with van der Waals surface area (Å²) < 4.78 is 6.47. The smallest absolute Gasteiger partial charge is 0.372 e. The molecular weight excluding hydrogens is 256 g/mol. The van der Waals surface area contributed by atoms with Crippen LogP contribution in [-0.4, -0.2) is 33.3 Å². The fourth-order valence-electron chi connectivity index (χ4n) is 1.69. The lowest BCUT2D eigenvalue weighted by Crippen LogP contribution is -2.14. The zero-order valence-corrected chi connectivity index (χ0v) is 11.3. The molecule has 0 aliphatic heterocycles. The van der Waals surface area contributed by atoms with E-state index in [0.717, 1.165) is 11.1 Å². The van der Waals surface area contributed by atoms with E-state index in [1.165, 1.54) is 18.2 Å². The molecule has 0 aliphatic rings. The number of carbonyl (C=O) groups is 1. The summed E-state index contributed by atoms with van der Waals surface area (Å²) in [6.07, 6.45) is 3.94. The van der Waals surface area contributed by atoms with Crippen molar-refractivity contribution in [2.75, 3.05) is 6.61 Å². The molecule has 0 N–H and O–H groups in total. The lowest BCUT2D eigenvalue weighted by atomic mass is 10.1. The molecule has 0 saturated carbocycles. The average Bonchev–Trinajstić information content (AvgIpc) is 3.00. The van der Waals surface area contributed by atoms with E-state index in [0.29, 0.717) is 18.9 Å². The van der Waals surface area contributed by atoms with E-state index < -0.39 is 6.03 Å². The highest BCUT2D eigenvalue weighted by atomic mass is 16.5. The number of aliphatic imine (C=N–C) groups is 1. The van der Waals surface area contributed by atoms with Crippen molar-refractivity contribution in [2.24, 2.45) is 4.99 Å². The Bertz CT molecular complexity index is 564. The summed E-state index contributed by atoms with van der Waals surface area (Å²) in [5.41, 5.74) is 1.17. The van der Waals surface area contributed by atoms with Crippen LogP contribution < -0.4 is 0 Å². The molecule has 0 bridgehead atoms. The van der Waals surface area contributed by atoms with Crippen LogP contribution in [0.1, 0.15) is 18.9 Å². The van der Waals surface area contributed by atoms with Crippen molar-refractivity contribution in [1.82, 2.24) is 14.8 Å².